The first-order valence-corrected chi connectivity index (χ1v) is 16.0. The lowest BCUT2D eigenvalue weighted by Crippen LogP contribution is -2.28. The summed E-state index contributed by atoms with van der Waals surface area (Å²) in [6.45, 7) is 22.7. The Labute approximate surface area is 254 Å². The summed E-state index contributed by atoms with van der Waals surface area (Å²) >= 11 is 0. The molecule has 0 aliphatic heterocycles. The van der Waals surface area contributed by atoms with Crippen molar-refractivity contribution in [1.29, 1.82) is 0 Å². The summed E-state index contributed by atoms with van der Waals surface area (Å²) in [4.78, 5) is 0. The molecule has 2 aliphatic carbocycles. The van der Waals surface area contributed by atoms with E-state index in [2.05, 4.69) is 136 Å². The van der Waals surface area contributed by atoms with Gasteiger partial charge in [0.25, 0.3) is 0 Å². The highest BCUT2D eigenvalue weighted by Crippen LogP contribution is 2.43. The van der Waals surface area contributed by atoms with E-state index in [4.69, 9.17) is 0 Å². The lowest BCUT2D eigenvalue weighted by molar-refractivity contribution is 0.116. The molecular weight excluding hydrogens is 496 g/mol. The summed E-state index contributed by atoms with van der Waals surface area (Å²) < 4.78 is 0. The third kappa shape index (κ3) is 12.2. The first kappa shape index (κ1) is 34.8. The van der Waals surface area contributed by atoms with Crippen LogP contribution in [0, 0.1) is 16.7 Å². The van der Waals surface area contributed by atoms with Crippen LogP contribution in [0.2, 0.25) is 0 Å². The van der Waals surface area contributed by atoms with Gasteiger partial charge in [0.1, 0.15) is 0 Å². The lowest BCUT2D eigenvalue weighted by atomic mass is 9.70. The first-order chi connectivity index (χ1) is 19.2. The van der Waals surface area contributed by atoms with E-state index in [1.165, 1.54) is 60.0 Å². The van der Waals surface area contributed by atoms with Crippen molar-refractivity contribution in [2.45, 2.75) is 127 Å². The average Bonchev–Trinajstić information content (AvgIpc) is 2.84. The predicted molar refractivity (Wildman–Crippen MR) is 183 cm³/mol. The fraction of sp³-hybridized carbons (Fsp3) is 0.550. The first-order valence-electron chi connectivity index (χ1n) is 16.0. The van der Waals surface area contributed by atoms with Crippen molar-refractivity contribution in [3.63, 3.8) is 0 Å². The van der Waals surface area contributed by atoms with Gasteiger partial charge in [-0.2, -0.15) is 0 Å². The SMILES string of the molecule is CC(C=CC=C(C)C=CC1=C(C)CC(O)CC1(C)C)=CC=CC=C(C)C=CCC(C)CCC1=C(C)CCCC1(C)C. The van der Waals surface area contributed by atoms with Gasteiger partial charge >= 0.3 is 0 Å². The Morgan fingerprint density at radius 2 is 1.46 bits per heavy atom. The van der Waals surface area contributed by atoms with Gasteiger partial charge in [0.15, 0.2) is 0 Å². The van der Waals surface area contributed by atoms with Gasteiger partial charge in [-0.1, -0.05) is 135 Å². The molecule has 0 fully saturated rings. The van der Waals surface area contributed by atoms with Crippen LogP contribution in [0.25, 0.3) is 0 Å². The Bertz CT molecular complexity index is 1150. The number of allylic oxidation sites excluding steroid dienone is 17. The topological polar surface area (TPSA) is 20.2 Å². The number of aliphatic hydroxyl groups is 1. The average molecular weight is 557 g/mol. The van der Waals surface area contributed by atoms with Crippen molar-refractivity contribution < 1.29 is 5.11 Å². The van der Waals surface area contributed by atoms with Crippen LogP contribution < -0.4 is 0 Å². The molecule has 2 unspecified atom stereocenters. The Morgan fingerprint density at radius 3 is 2.10 bits per heavy atom. The Hall–Kier alpha value is -2.38. The molecule has 2 aliphatic rings. The van der Waals surface area contributed by atoms with Crippen LogP contribution >= 0.6 is 0 Å². The fourth-order valence-electron chi connectivity index (χ4n) is 6.55. The Balaban J connectivity index is 1.80. The second-order valence-electron chi connectivity index (χ2n) is 14.2. The van der Waals surface area contributed by atoms with Gasteiger partial charge in [0.05, 0.1) is 6.10 Å². The maximum atomic E-state index is 10.1. The van der Waals surface area contributed by atoms with Crippen molar-refractivity contribution in [2.24, 2.45) is 16.7 Å². The number of aliphatic hydroxyl groups excluding tert-OH is 1. The normalized spacial score (nSPS) is 23.7. The molecule has 1 nitrogen and oxygen atoms in total. The van der Waals surface area contributed by atoms with Crippen molar-refractivity contribution in [3.8, 4) is 0 Å². The van der Waals surface area contributed by atoms with Crippen LogP contribution in [0.5, 0.6) is 0 Å². The maximum Gasteiger partial charge on any atom is 0.0585 e. The third-order valence-corrected chi connectivity index (χ3v) is 9.03. The second kappa shape index (κ2) is 16.3. The van der Waals surface area contributed by atoms with E-state index in [1.54, 1.807) is 11.1 Å². The van der Waals surface area contributed by atoms with Crippen LogP contribution in [0.1, 0.15) is 121 Å². The number of rotatable bonds is 12. The van der Waals surface area contributed by atoms with Gasteiger partial charge in [0, 0.05) is 0 Å². The van der Waals surface area contributed by atoms with Gasteiger partial charge in [-0.3, -0.25) is 0 Å². The standard InChI is InChI=1S/C40H60O/c1-30(18-13-20-32(3)23-25-37-34(5)22-15-27-39(37,7)8)16-11-12-17-31(2)19-14-21-33(4)24-26-38-35(6)28-36(41)29-40(38,9)10/h11-14,16-19,21,24,26,32,36,41H,15,20,22-23,25,27-29H2,1-10H3. The quantitative estimate of drug-likeness (QED) is 0.187. The molecule has 0 bridgehead atoms. The van der Waals surface area contributed by atoms with Crippen LogP contribution in [0.3, 0.4) is 0 Å². The van der Waals surface area contributed by atoms with Gasteiger partial charge in [-0.15, -0.1) is 0 Å². The molecule has 0 spiro atoms. The molecule has 0 heterocycles. The molecule has 0 aromatic rings. The zero-order valence-electron chi connectivity index (χ0n) is 28.1. The van der Waals surface area contributed by atoms with Crippen LogP contribution in [-0.2, 0) is 0 Å². The molecule has 2 rings (SSSR count). The van der Waals surface area contributed by atoms with E-state index in [9.17, 15) is 5.11 Å². The van der Waals surface area contributed by atoms with E-state index in [0.29, 0.717) is 11.3 Å². The van der Waals surface area contributed by atoms with E-state index in [-0.39, 0.29) is 11.5 Å². The van der Waals surface area contributed by atoms with Gasteiger partial charge < -0.3 is 5.11 Å². The molecule has 0 aromatic carbocycles. The summed E-state index contributed by atoms with van der Waals surface area (Å²) in [6.07, 6.45) is 33.1. The van der Waals surface area contributed by atoms with Crippen LogP contribution in [0.15, 0.2) is 106 Å². The van der Waals surface area contributed by atoms with Crippen molar-refractivity contribution >= 4 is 0 Å². The van der Waals surface area contributed by atoms with E-state index >= 15 is 0 Å². The van der Waals surface area contributed by atoms with Gasteiger partial charge in [0.2, 0.25) is 0 Å². The Morgan fingerprint density at radius 1 is 0.854 bits per heavy atom. The fourth-order valence-corrected chi connectivity index (χ4v) is 6.55. The Kier molecular flexibility index (Phi) is 13.8. The smallest absolute Gasteiger partial charge is 0.0585 e. The molecule has 2 atom stereocenters. The summed E-state index contributed by atoms with van der Waals surface area (Å²) in [5.74, 6) is 0.715. The number of hydrogen-bond acceptors (Lipinski definition) is 1. The van der Waals surface area contributed by atoms with Crippen molar-refractivity contribution in [2.75, 3.05) is 0 Å². The van der Waals surface area contributed by atoms with E-state index in [0.717, 1.165) is 19.3 Å². The highest BCUT2D eigenvalue weighted by atomic mass is 16.3. The summed E-state index contributed by atoms with van der Waals surface area (Å²) in [6, 6.07) is 0. The monoisotopic (exact) mass is 556 g/mol. The molecule has 0 saturated carbocycles. The van der Waals surface area contributed by atoms with Gasteiger partial charge in [-0.05, 0) is 108 Å². The van der Waals surface area contributed by atoms with Crippen LogP contribution in [-0.4, -0.2) is 11.2 Å². The summed E-state index contributed by atoms with van der Waals surface area (Å²) in [5, 5.41) is 10.1. The molecule has 226 valence electrons. The highest BCUT2D eigenvalue weighted by Gasteiger charge is 2.31. The molecule has 41 heavy (non-hydrogen) atoms. The van der Waals surface area contributed by atoms with E-state index in [1.807, 2.05) is 0 Å². The van der Waals surface area contributed by atoms with Crippen molar-refractivity contribution in [1.82, 2.24) is 0 Å². The second-order valence-corrected chi connectivity index (χ2v) is 14.2. The predicted octanol–water partition coefficient (Wildman–Crippen LogP) is 11.9. The molecule has 0 aromatic heterocycles. The zero-order chi connectivity index (χ0) is 30.6. The minimum atomic E-state index is -0.216. The molecule has 0 amide bonds. The molecule has 0 radical (unpaired) electrons. The van der Waals surface area contributed by atoms with Gasteiger partial charge in [-0.25, -0.2) is 0 Å². The summed E-state index contributed by atoms with van der Waals surface area (Å²) in [7, 11) is 0. The summed E-state index contributed by atoms with van der Waals surface area (Å²) in [5.41, 5.74) is 10.2. The van der Waals surface area contributed by atoms with Crippen molar-refractivity contribution in [3.05, 3.63) is 106 Å². The number of hydrogen-bond donors (Lipinski definition) is 1. The largest absolute Gasteiger partial charge is 0.393 e. The molecular formula is C40H60O. The molecule has 1 N–H and O–H groups in total. The third-order valence-electron chi connectivity index (χ3n) is 9.03. The maximum absolute atomic E-state index is 10.1. The van der Waals surface area contributed by atoms with E-state index < -0.39 is 0 Å². The zero-order valence-corrected chi connectivity index (χ0v) is 28.1. The highest BCUT2D eigenvalue weighted by molar-refractivity contribution is 5.38. The minimum absolute atomic E-state index is 0.0182. The molecule has 1 heteroatoms. The lowest BCUT2D eigenvalue weighted by Gasteiger charge is -2.35. The van der Waals surface area contributed by atoms with Crippen LogP contribution in [0.4, 0.5) is 0 Å². The molecule has 0 saturated heterocycles. The minimum Gasteiger partial charge on any atom is -0.393 e.